The van der Waals surface area contributed by atoms with Crippen molar-refractivity contribution in [3.8, 4) is 0 Å². The van der Waals surface area contributed by atoms with Gasteiger partial charge in [0.1, 0.15) is 12.1 Å². The van der Waals surface area contributed by atoms with Crippen molar-refractivity contribution in [3.05, 3.63) is 23.5 Å². The van der Waals surface area contributed by atoms with E-state index >= 15 is 0 Å². The van der Waals surface area contributed by atoms with Crippen molar-refractivity contribution < 1.29 is 29.0 Å². The maximum Gasteiger partial charge on any atom is 0.325 e. The lowest BCUT2D eigenvalue weighted by molar-refractivity contribution is -0.166. The van der Waals surface area contributed by atoms with Gasteiger partial charge in [0.05, 0.1) is 5.57 Å². The van der Waals surface area contributed by atoms with Crippen LogP contribution in [0.3, 0.4) is 0 Å². The van der Waals surface area contributed by atoms with Gasteiger partial charge in [-0.15, -0.1) is 0 Å². The van der Waals surface area contributed by atoms with E-state index in [0.717, 1.165) is 0 Å². The van der Waals surface area contributed by atoms with Crippen LogP contribution in [0.25, 0.3) is 0 Å². The van der Waals surface area contributed by atoms with Gasteiger partial charge in [0, 0.05) is 20.5 Å². The van der Waals surface area contributed by atoms with Crippen molar-refractivity contribution >= 4 is 17.7 Å². The summed E-state index contributed by atoms with van der Waals surface area (Å²) in [5.41, 5.74) is 4.06. The van der Waals surface area contributed by atoms with Crippen LogP contribution in [-0.2, 0) is 23.9 Å². The molecule has 0 spiro atoms. The smallest absolute Gasteiger partial charge is 0.325 e. The average molecular weight is 338 g/mol. The Morgan fingerprint density at radius 1 is 1.38 bits per heavy atom. The number of cyclic esters (lactones) is 1. The Hall–Kier alpha value is -2.19. The fourth-order valence-electron chi connectivity index (χ4n) is 2.79. The molecule has 8 heteroatoms. The van der Waals surface area contributed by atoms with Crippen molar-refractivity contribution in [1.29, 1.82) is 0 Å². The van der Waals surface area contributed by atoms with Crippen molar-refractivity contribution in [2.24, 2.45) is 5.73 Å². The van der Waals surface area contributed by atoms with Gasteiger partial charge in [-0.3, -0.25) is 14.4 Å². The van der Waals surface area contributed by atoms with E-state index in [9.17, 15) is 19.5 Å². The second-order valence-electron chi connectivity index (χ2n) is 6.10. The molecule has 1 amide bonds. The lowest BCUT2D eigenvalue weighted by atomic mass is 9.84. The number of carbonyl (C=O) groups is 3. The quantitative estimate of drug-likeness (QED) is 0.373. The molecule has 24 heavy (non-hydrogen) atoms. The minimum atomic E-state index is -1.89. The van der Waals surface area contributed by atoms with Gasteiger partial charge in [-0.05, 0) is 24.8 Å². The largest absolute Gasteiger partial charge is 0.506 e. The molecule has 1 aliphatic heterocycles. The zero-order valence-electron chi connectivity index (χ0n) is 13.8. The molecule has 2 rings (SSSR count). The number of aliphatic hydroxyl groups is 1. The Balaban J connectivity index is 2.47. The predicted molar refractivity (Wildman–Crippen MR) is 83.7 cm³/mol. The number of carbonyl (C=O) groups excluding carboxylic acids is 3. The van der Waals surface area contributed by atoms with Crippen molar-refractivity contribution in [3.63, 3.8) is 0 Å². The number of nitrogens with two attached hydrogens (primary N) is 1. The minimum absolute atomic E-state index is 0.00403. The molecule has 2 fully saturated rings. The number of hydrogen-bond acceptors (Lipinski definition) is 7. The van der Waals surface area contributed by atoms with E-state index < -0.39 is 41.3 Å². The van der Waals surface area contributed by atoms with E-state index in [4.69, 9.17) is 15.2 Å². The standard InChI is InChI=1S/C16H22N2O6/c1-8-4-6-10(23-3)13(20)12(8)14(21)16(2)18-11(19)7-5-9(17)15(22)24-16/h9-10,21H,1,4-7,17H2,2-3H3,(H,18,19)/b14-12-/t9-,10+,16?/m0/s1. The summed E-state index contributed by atoms with van der Waals surface area (Å²) in [6, 6.07) is -0.981. The lowest BCUT2D eigenvalue weighted by Gasteiger charge is -2.35. The van der Waals surface area contributed by atoms with E-state index in [1.165, 1.54) is 14.0 Å². The first-order chi connectivity index (χ1) is 11.2. The van der Waals surface area contributed by atoms with Crippen LogP contribution in [0.1, 0.15) is 32.6 Å². The fourth-order valence-corrected chi connectivity index (χ4v) is 2.79. The molecule has 2 aliphatic rings. The topological polar surface area (TPSA) is 128 Å². The molecular weight excluding hydrogens is 316 g/mol. The van der Waals surface area contributed by atoms with Crippen LogP contribution < -0.4 is 11.1 Å². The highest BCUT2D eigenvalue weighted by Crippen LogP contribution is 2.33. The number of methoxy groups -OCH3 is 1. The van der Waals surface area contributed by atoms with Gasteiger partial charge in [0.15, 0.2) is 11.5 Å². The first-order valence-corrected chi connectivity index (χ1v) is 7.68. The van der Waals surface area contributed by atoms with Gasteiger partial charge in [0.25, 0.3) is 0 Å². The third-order valence-corrected chi connectivity index (χ3v) is 4.24. The second-order valence-corrected chi connectivity index (χ2v) is 6.10. The van der Waals surface area contributed by atoms with E-state index in [2.05, 4.69) is 11.9 Å². The molecule has 1 heterocycles. The third kappa shape index (κ3) is 3.34. The number of aliphatic hydroxyl groups excluding tert-OH is 1. The van der Waals surface area contributed by atoms with Gasteiger partial charge >= 0.3 is 5.97 Å². The van der Waals surface area contributed by atoms with Crippen LogP contribution in [-0.4, -0.2) is 47.7 Å². The van der Waals surface area contributed by atoms with Gasteiger partial charge in [-0.2, -0.15) is 0 Å². The highest BCUT2D eigenvalue weighted by molar-refractivity contribution is 6.04. The summed E-state index contributed by atoms with van der Waals surface area (Å²) >= 11 is 0. The number of rotatable bonds is 2. The summed E-state index contributed by atoms with van der Waals surface area (Å²) in [5.74, 6) is -2.27. The Labute approximate surface area is 139 Å². The molecule has 1 unspecified atom stereocenters. The molecule has 3 atom stereocenters. The number of ether oxygens (including phenoxy) is 2. The van der Waals surface area contributed by atoms with E-state index in [1.807, 2.05) is 0 Å². The normalized spacial score (nSPS) is 34.1. The van der Waals surface area contributed by atoms with Gasteiger partial charge in [-0.25, -0.2) is 0 Å². The first-order valence-electron chi connectivity index (χ1n) is 7.68. The summed E-state index contributed by atoms with van der Waals surface area (Å²) in [4.78, 5) is 36.4. The zero-order valence-corrected chi connectivity index (χ0v) is 13.8. The van der Waals surface area contributed by atoms with Gasteiger partial charge in [0.2, 0.25) is 11.6 Å². The third-order valence-electron chi connectivity index (χ3n) is 4.24. The van der Waals surface area contributed by atoms with Crippen molar-refractivity contribution in [2.45, 2.75) is 50.5 Å². The van der Waals surface area contributed by atoms with Crippen LogP contribution in [0.2, 0.25) is 0 Å². The van der Waals surface area contributed by atoms with Crippen LogP contribution >= 0.6 is 0 Å². The maximum absolute atomic E-state index is 12.5. The van der Waals surface area contributed by atoms with E-state index in [0.29, 0.717) is 18.4 Å². The van der Waals surface area contributed by atoms with Crippen LogP contribution in [0.15, 0.2) is 23.5 Å². The molecule has 1 saturated carbocycles. The number of nitrogens with one attached hydrogen (secondary N) is 1. The highest BCUT2D eigenvalue weighted by Gasteiger charge is 2.43. The second kappa shape index (κ2) is 6.74. The maximum atomic E-state index is 12.5. The Morgan fingerprint density at radius 2 is 2.04 bits per heavy atom. The number of esters is 1. The lowest BCUT2D eigenvalue weighted by Crippen LogP contribution is -2.56. The summed E-state index contributed by atoms with van der Waals surface area (Å²) in [6.45, 7) is 5.08. The highest BCUT2D eigenvalue weighted by atomic mass is 16.6. The summed E-state index contributed by atoms with van der Waals surface area (Å²) in [5, 5.41) is 13.1. The fraction of sp³-hybridized carbons (Fsp3) is 0.562. The van der Waals surface area contributed by atoms with Crippen molar-refractivity contribution in [1.82, 2.24) is 5.32 Å². The molecule has 132 valence electrons. The molecule has 0 aromatic heterocycles. The molecule has 1 saturated heterocycles. The van der Waals surface area contributed by atoms with Gasteiger partial charge in [-0.1, -0.05) is 6.58 Å². The van der Waals surface area contributed by atoms with Crippen LogP contribution in [0.4, 0.5) is 0 Å². The molecule has 4 N–H and O–H groups in total. The molecule has 0 aromatic carbocycles. The Morgan fingerprint density at radius 3 is 2.67 bits per heavy atom. The Kier molecular flexibility index (Phi) is 5.10. The number of ketones is 1. The Bertz CT molecular complexity index is 626. The summed E-state index contributed by atoms with van der Waals surface area (Å²) in [6.07, 6.45) is 0.290. The number of hydrogen-bond donors (Lipinski definition) is 3. The molecular formula is C16H22N2O6. The molecule has 1 aliphatic carbocycles. The summed E-state index contributed by atoms with van der Waals surface area (Å²) < 4.78 is 10.3. The zero-order chi connectivity index (χ0) is 18.1. The number of amides is 1. The van der Waals surface area contributed by atoms with Crippen LogP contribution in [0, 0.1) is 0 Å². The van der Waals surface area contributed by atoms with Gasteiger partial charge < -0.3 is 25.6 Å². The monoisotopic (exact) mass is 338 g/mol. The average Bonchev–Trinajstić information content (AvgIpc) is 2.51. The number of allylic oxidation sites excluding steroid dienone is 1. The predicted octanol–water partition coefficient (Wildman–Crippen LogP) is 0.229. The SMILES string of the molecule is C=C1CC[C@@H](OC)C(=O)/C1=C(\O)C1(C)NC(=O)CC[C@H](N)C(=O)O1. The molecule has 0 radical (unpaired) electrons. The molecule has 8 nitrogen and oxygen atoms in total. The molecule has 0 aromatic rings. The number of Topliss-reactive ketones (excluding diaryl/α,β-unsaturated/α-hetero) is 1. The first kappa shape index (κ1) is 18.2. The summed E-state index contributed by atoms with van der Waals surface area (Å²) in [7, 11) is 1.39. The minimum Gasteiger partial charge on any atom is -0.506 e. The van der Waals surface area contributed by atoms with E-state index in [-0.39, 0.29) is 18.4 Å². The van der Waals surface area contributed by atoms with E-state index in [1.54, 1.807) is 0 Å². The molecule has 0 bridgehead atoms. The van der Waals surface area contributed by atoms with Crippen LogP contribution in [0.5, 0.6) is 0 Å². The van der Waals surface area contributed by atoms with Crippen molar-refractivity contribution in [2.75, 3.05) is 7.11 Å².